The summed E-state index contributed by atoms with van der Waals surface area (Å²) in [6.45, 7) is 3.85. The Labute approximate surface area is 187 Å². The van der Waals surface area contributed by atoms with Crippen LogP contribution in [-0.4, -0.2) is 57.8 Å². The maximum absolute atomic E-state index is 13.1. The molecule has 0 saturated carbocycles. The molecular weight excluding hydrogens is 411 g/mol. The summed E-state index contributed by atoms with van der Waals surface area (Å²) in [5, 5.41) is 0. The minimum absolute atomic E-state index is 0.0157. The van der Waals surface area contributed by atoms with Gasteiger partial charge in [-0.2, -0.15) is 0 Å². The number of ether oxygens (including phenoxy) is 1. The van der Waals surface area contributed by atoms with E-state index >= 15 is 0 Å². The van der Waals surface area contributed by atoms with Crippen molar-refractivity contribution >= 4 is 11.8 Å². The summed E-state index contributed by atoms with van der Waals surface area (Å²) in [5.74, 6) is 0.481. The number of carbonyl (C=O) groups is 2. The second-order valence-corrected chi connectivity index (χ2v) is 8.42. The third kappa shape index (κ3) is 5.06. The van der Waals surface area contributed by atoms with Crippen LogP contribution in [0.1, 0.15) is 66.4 Å². The molecule has 4 rings (SSSR count). The molecular formula is C24H29FN4O3. The molecule has 0 aliphatic carbocycles. The van der Waals surface area contributed by atoms with E-state index in [2.05, 4.69) is 9.97 Å². The van der Waals surface area contributed by atoms with E-state index in [1.807, 2.05) is 11.8 Å². The Balaban J connectivity index is 1.45. The molecule has 2 aliphatic rings. The molecule has 2 aromatic rings. The average molecular weight is 441 g/mol. The van der Waals surface area contributed by atoms with Crippen LogP contribution in [0, 0.1) is 12.7 Å². The molecule has 2 fully saturated rings. The summed E-state index contributed by atoms with van der Waals surface area (Å²) < 4.78 is 18.6. The van der Waals surface area contributed by atoms with E-state index in [0.29, 0.717) is 29.4 Å². The van der Waals surface area contributed by atoms with Crippen LogP contribution >= 0.6 is 0 Å². The second kappa shape index (κ2) is 10.1. The lowest BCUT2D eigenvalue weighted by atomic mass is 10.0. The maximum atomic E-state index is 13.1. The van der Waals surface area contributed by atoms with E-state index in [9.17, 15) is 14.0 Å². The third-order valence-electron chi connectivity index (χ3n) is 6.17. The average Bonchev–Trinajstić information content (AvgIpc) is 2.83. The quantitative estimate of drug-likeness (QED) is 0.709. The lowest BCUT2D eigenvalue weighted by Gasteiger charge is -2.35. The summed E-state index contributed by atoms with van der Waals surface area (Å²) in [4.78, 5) is 38.5. The standard InChI is InChI=1S/C24H29FN4O3/c1-17-20(24(31)28-12-4-2-5-13-28)15-26-23(27-17)21-7-3-6-14-29(21)22(30)16-32-19-10-8-18(25)9-11-19/h8-11,15,21H,2-7,12-14,16H2,1H3/t21-/m1/s1. The molecule has 8 heteroatoms. The lowest BCUT2D eigenvalue weighted by molar-refractivity contribution is -0.137. The number of nitrogens with zero attached hydrogens (tertiary/aromatic N) is 4. The minimum atomic E-state index is -0.352. The third-order valence-corrected chi connectivity index (χ3v) is 6.17. The van der Waals surface area contributed by atoms with E-state index in [1.54, 1.807) is 11.1 Å². The van der Waals surface area contributed by atoms with Crippen molar-refractivity contribution in [2.75, 3.05) is 26.2 Å². The van der Waals surface area contributed by atoms with Crippen LogP contribution in [0.3, 0.4) is 0 Å². The van der Waals surface area contributed by atoms with Crippen molar-refractivity contribution in [2.45, 2.75) is 51.5 Å². The van der Waals surface area contributed by atoms with Gasteiger partial charge in [0.2, 0.25) is 0 Å². The summed E-state index contributed by atoms with van der Waals surface area (Å²) in [5.41, 5.74) is 1.18. The number of hydrogen-bond acceptors (Lipinski definition) is 5. The molecule has 0 spiro atoms. The first-order chi connectivity index (χ1) is 15.5. The first kappa shape index (κ1) is 22.2. The fourth-order valence-electron chi connectivity index (χ4n) is 4.38. The lowest BCUT2D eigenvalue weighted by Crippen LogP contribution is -2.42. The number of benzene rings is 1. The smallest absolute Gasteiger partial charge is 0.261 e. The molecule has 170 valence electrons. The molecule has 3 heterocycles. The highest BCUT2D eigenvalue weighted by Crippen LogP contribution is 2.29. The summed E-state index contributed by atoms with van der Waals surface area (Å²) in [6.07, 6.45) is 7.48. The van der Waals surface area contributed by atoms with Gasteiger partial charge in [-0.05, 0) is 69.7 Å². The predicted octanol–water partition coefficient (Wildman–Crippen LogP) is 3.68. The van der Waals surface area contributed by atoms with Crippen molar-refractivity contribution in [3.05, 3.63) is 53.4 Å². The molecule has 7 nitrogen and oxygen atoms in total. The number of halogens is 1. The largest absolute Gasteiger partial charge is 0.484 e. The zero-order valence-electron chi connectivity index (χ0n) is 18.4. The van der Waals surface area contributed by atoms with Crippen LogP contribution in [-0.2, 0) is 4.79 Å². The Hall–Kier alpha value is -3.03. The topological polar surface area (TPSA) is 75.6 Å². The number of aromatic nitrogens is 2. The van der Waals surface area contributed by atoms with Gasteiger partial charge in [-0.25, -0.2) is 14.4 Å². The number of carbonyl (C=O) groups excluding carboxylic acids is 2. The fraction of sp³-hybridized carbons (Fsp3) is 0.500. The highest BCUT2D eigenvalue weighted by atomic mass is 19.1. The summed E-state index contributed by atoms with van der Waals surface area (Å²) in [7, 11) is 0. The van der Waals surface area contributed by atoms with Crippen LogP contribution in [0.15, 0.2) is 30.5 Å². The Bertz CT molecular complexity index is 960. The SMILES string of the molecule is Cc1nc([C@H]2CCCCN2C(=O)COc2ccc(F)cc2)ncc1C(=O)N1CCCCC1. The highest BCUT2D eigenvalue weighted by molar-refractivity contribution is 5.95. The molecule has 1 aromatic carbocycles. The van der Waals surface area contributed by atoms with Gasteiger partial charge in [-0.15, -0.1) is 0 Å². The highest BCUT2D eigenvalue weighted by Gasteiger charge is 2.31. The van der Waals surface area contributed by atoms with E-state index in [0.717, 1.165) is 51.6 Å². The number of piperidine rings is 2. The van der Waals surface area contributed by atoms with Gasteiger partial charge in [0.05, 0.1) is 17.3 Å². The van der Waals surface area contributed by atoms with Crippen molar-refractivity contribution in [1.82, 2.24) is 19.8 Å². The number of amides is 2. The van der Waals surface area contributed by atoms with Gasteiger partial charge >= 0.3 is 0 Å². The Morgan fingerprint density at radius 1 is 1.06 bits per heavy atom. The van der Waals surface area contributed by atoms with Gasteiger partial charge in [0.15, 0.2) is 12.4 Å². The normalized spacial score (nSPS) is 19.0. The fourth-order valence-corrected chi connectivity index (χ4v) is 4.38. The zero-order valence-corrected chi connectivity index (χ0v) is 18.4. The van der Waals surface area contributed by atoms with Crippen molar-refractivity contribution < 1.29 is 18.7 Å². The van der Waals surface area contributed by atoms with Crippen molar-refractivity contribution in [3.8, 4) is 5.75 Å². The molecule has 0 bridgehead atoms. The molecule has 2 amide bonds. The molecule has 1 atom stereocenters. The monoisotopic (exact) mass is 440 g/mol. The number of likely N-dealkylation sites (tertiary alicyclic amines) is 2. The Morgan fingerprint density at radius 2 is 1.78 bits per heavy atom. The van der Waals surface area contributed by atoms with Crippen molar-refractivity contribution in [3.63, 3.8) is 0 Å². The first-order valence-electron chi connectivity index (χ1n) is 11.3. The number of rotatable bonds is 5. The van der Waals surface area contributed by atoms with Crippen molar-refractivity contribution in [2.24, 2.45) is 0 Å². The maximum Gasteiger partial charge on any atom is 0.261 e. The van der Waals surface area contributed by atoms with Crippen LogP contribution in [0.4, 0.5) is 4.39 Å². The van der Waals surface area contributed by atoms with Gasteiger partial charge in [-0.3, -0.25) is 9.59 Å². The molecule has 1 aromatic heterocycles. The number of hydrogen-bond donors (Lipinski definition) is 0. The van der Waals surface area contributed by atoms with E-state index in [-0.39, 0.29) is 30.3 Å². The van der Waals surface area contributed by atoms with Gasteiger partial charge < -0.3 is 14.5 Å². The van der Waals surface area contributed by atoms with E-state index in [4.69, 9.17) is 4.74 Å². The summed E-state index contributed by atoms with van der Waals surface area (Å²) in [6, 6.07) is 5.35. The van der Waals surface area contributed by atoms with Gasteiger partial charge in [0.1, 0.15) is 11.6 Å². The molecule has 0 N–H and O–H groups in total. The molecule has 32 heavy (non-hydrogen) atoms. The molecule has 2 saturated heterocycles. The van der Waals surface area contributed by atoms with Crippen LogP contribution in [0.5, 0.6) is 5.75 Å². The zero-order chi connectivity index (χ0) is 22.5. The van der Waals surface area contributed by atoms with Crippen LogP contribution in [0.25, 0.3) is 0 Å². The molecule has 0 radical (unpaired) electrons. The summed E-state index contributed by atoms with van der Waals surface area (Å²) >= 11 is 0. The van der Waals surface area contributed by atoms with Gasteiger partial charge in [-0.1, -0.05) is 0 Å². The minimum Gasteiger partial charge on any atom is -0.484 e. The molecule has 2 aliphatic heterocycles. The Morgan fingerprint density at radius 3 is 2.50 bits per heavy atom. The van der Waals surface area contributed by atoms with Crippen LogP contribution < -0.4 is 4.74 Å². The van der Waals surface area contributed by atoms with Gasteiger partial charge in [0.25, 0.3) is 11.8 Å². The Kier molecular flexibility index (Phi) is 6.97. The van der Waals surface area contributed by atoms with Crippen LogP contribution in [0.2, 0.25) is 0 Å². The second-order valence-electron chi connectivity index (χ2n) is 8.42. The predicted molar refractivity (Wildman–Crippen MR) is 117 cm³/mol. The van der Waals surface area contributed by atoms with Gasteiger partial charge in [0, 0.05) is 25.8 Å². The van der Waals surface area contributed by atoms with E-state index < -0.39 is 0 Å². The first-order valence-corrected chi connectivity index (χ1v) is 11.3. The number of aryl methyl sites for hydroxylation is 1. The van der Waals surface area contributed by atoms with Crippen molar-refractivity contribution in [1.29, 1.82) is 0 Å². The van der Waals surface area contributed by atoms with E-state index in [1.165, 1.54) is 24.3 Å². The molecule has 0 unspecified atom stereocenters.